The Hall–Kier alpha value is -2.62. The third-order valence-corrected chi connectivity index (χ3v) is 5.08. The van der Waals surface area contributed by atoms with E-state index < -0.39 is 0 Å². The van der Waals surface area contributed by atoms with Crippen LogP contribution in [0.2, 0.25) is 0 Å². The van der Waals surface area contributed by atoms with Crippen molar-refractivity contribution in [3.63, 3.8) is 0 Å². The van der Waals surface area contributed by atoms with Gasteiger partial charge in [0.1, 0.15) is 0 Å². The van der Waals surface area contributed by atoms with E-state index in [4.69, 9.17) is 10.00 Å². The molecule has 148 valence electrons. The molecule has 0 aliphatic carbocycles. The van der Waals surface area contributed by atoms with Crippen molar-refractivity contribution in [1.29, 1.82) is 5.26 Å². The fraction of sp³-hybridized carbons (Fsp3) is 0.286. The predicted molar refractivity (Wildman–Crippen MR) is 114 cm³/mol. The van der Waals surface area contributed by atoms with Crippen molar-refractivity contribution in [2.45, 2.75) is 33.2 Å². The van der Waals surface area contributed by atoms with E-state index in [0.29, 0.717) is 24.2 Å². The summed E-state index contributed by atoms with van der Waals surface area (Å²) in [7, 11) is 0. The van der Waals surface area contributed by atoms with E-state index in [-0.39, 0.29) is 30.3 Å². The largest absolute Gasteiger partial charge is 0.463 e. The molecule has 0 aliphatic heterocycles. The van der Waals surface area contributed by atoms with Gasteiger partial charge in [0.15, 0.2) is 0 Å². The molecular formula is C21H23ClN2O3S. The molecule has 1 aromatic heterocycles. The fourth-order valence-corrected chi connectivity index (χ4v) is 3.60. The highest BCUT2D eigenvalue weighted by atomic mass is 35.5. The first-order valence-corrected chi connectivity index (χ1v) is 9.49. The van der Waals surface area contributed by atoms with E-state index in [1.165, 1.54) is 6.08 Å². The Morgan fingerprint density at radius 2 is 1.93 bits per heavy atom. The summed E-state index contributed by atoms with van der Waals surface area (Å²) in [5.41, 5.74) is 1.91. The number of esters is 1. The van der Waals surface area contributed by atoms with Gasteiger partial charge in [0.05, 0.1) is 18.2 Å². The molecule has 5 nitrogen and oxygen atoms in total. The molecule has 0 spiro atoms. The number of nitrogens with one attached hydrogen (secondary N) is 1. The van der Waals surface area contributed by atoms with E-state index in [2.05, 4.69) is 5.32 Å². The normalized spacial score (nSPS) is 11.7. The molecule has 1 unspecified atom stereocenters. The number of nitriles is 1. The minimum absolute atomic E-state index is 0. The number of rotatable bonds is 7. The van der Waals surface area contributed by atoms with E-state index in [1.807, 2.05) is 32.0 Å². The number of carbonyl (C=O) groups excluding carboxylic acids is 2. The molecule has 7 heteroatoms. The van der Waals surface area contributed by atoms with Crippen molar-refractivity contribution < 1.29 is 14.3 Å². The number of hydrogen-bond acceptors (Lipinski definition) is 5. The monoisotopic (exact) mass is 418 g/mol. The smallest absolute Gasteiger partial charge is 0.331 e. The van der Waals surface area contributed by atoms with Crippen LogP contribution in [0, 0.1) is 11.3 Å². The Bertz CT molecular complexity index is 882. The zero-order valence-electron chi connectivity index (χ0n) is 16.0. The second-order valence-electron chi connectivity index (χ2n) is 6.11. The molecule has 1 amide bonds. The maximum absolute atomic E-state index is 12.3. The quantitative estimate of drug-likeness (QED) is 0.534. The van der Waals surface area contributed by atoms with Crippen LogP contribution in [0.5, 0.6) is 0 Å². The molecule has 0 saturated carbocycles. The van der Waals surface area contributed by atoms with Crippen LogP contribution in [0.15, 0.2) is 42.5 Å². The second kappa shape index (κ2) is 11.3. The number of thiophene rings is 1. The first-order chi connectivity index (χ1) is 12.9. The highest BCUT2D eigenvalue weighted by Gasteiger charge is 2.12. The molecule has 1 atom stereocenters. The Labute approximate surface area is 175 Å². The summed E-state index contributed by atoms with van der Waals surface area (Å²) < 4.78 is 4.93. The molecule has 1 N–H and O–H groups in total. The highest BCUT2D eigenvalue weighted by molar-refractivity contribution is 7.13. The SMILES string of the molecule is CCOC(=O)/C=C(\C)c1ccc(CC(C)NC(=O)c2ccc(C#N)cc2)s1.Cl. The van der Waals surface area contributed by atoms with E-state index >= 15 is 0 Å². The van der Waals surface area contributed by atoms with Gasteiger partial charge in [-0.15, -0.1) is 23.7 Å². The Kier molecular flexibility index (Phi) is 9.43. The second-order valence-corrected chi connectivity index (χ2v) is 7.28. The third kappa shape index (κ3) is 6.84. The number of halogens is 1. The zero-order chi connectivity index (χ0) is 19.8. The summed E-state index contributed by atoms with van der Waals surface area (Å²) in [6, 6.07) is 12.5. The summed E-state index contributed by atoms with van der Waals surface area (Å²) in [6.45, 7) is 5.96. The van der Waals surface area contributed by atoms with Crippen LogP contribution in [0.25, 0.3) is 5.57 Å². The fourth-order valence-electron chi connectivity index (χ4n) is 2.49. The van der Waals surface area contributed by atoms with Gasteiger partial charge in [-0.3, -0.25) is 4.79 Å². The van der Waals surface area contributed by atoms with Crippen LogP contribution < -0.4 is 5.32 Å². The van der Waals surface area contributed by atoms with Crippen LogP contribution in [0.3, 0.4) is 0 Å². The average molecular weight is 419 g/mol. The van der Waals surface area contributed by atoms with Gasteiger partial charge in [-0.2, -0.15) is 5.26 Å². The number of hydrogen-bond donors (Lipinski definition) is 1. The lowest BCUT2D eigenvalue weighted by molar-refractivity contribution is -0.137. The first kappa shape index (κ1) is 23.4. The van der Waals surface area contributed by atoms with Crippen molar-refractivity contribution in [3.8, 4) is 6.07 Å². The molecule has 2 aromatic rings. The number of ether oxygens (including phenoxy) is 1. The summed E-state index contributed by atoms with van der Waals surface area (Å²) >= 11 is 1.59. The molecule has 1 heterocycles. The Balaban J connectivity index is 0.00000392. The number of amides is 1. The van der Waals surface area contributed by atoms with Gasteiger partial charge in [-0.05, 0) is 62.7 Å². The zero-order valence-corrected chi connectivity index (χ0v) is 17.7. The molecule has 28 heavy (non-hydrogen) atoms. The Morgan fingerprint density at radius 1 is 1.25 bits per heavy atom. The number of nitrogens with zero attached hydrogens (tertiary/aromatic N) is 1. The lowest BCUT2D eigenvalue weighted by Gasteiger charge is -2.13. The minimum atomic E-state index is -0.340. The number of allylic oxidation sites excluding steroid dienone is 1. The van der Waals surface area contributed by atoms with Crippen LogP contribution in [0.1, 0.15) is 46.4 Å². The molecule has 0 bridgehead atoms. The van der Waals surface area contributed by atoms with Crippen LogP contribution in [0.4, 0.5) is 0 Å². The van der Waals surface area contributed by atoms with Crippen molar-refractivity contribution in [2.75, 3.05) is 6.61 Å². The summed E-state index contributed by atoms with van der Waals surface area (Å²) in [6.07, 6.45) is 2.19. The average Bonchev–Trinajstić information content (AvgIpc) is 3.10. The predicted octanol–water partition coefficient (Wildman–Crippen LogP) is 4.37. The van der Waals surface area contributed by atoms with Gasteiger partial charge >= 0.3 is 5.97 Å². The van der Waals surface area contributed by atoms with E-state index in [1.54, 1.807) is 42.5 Å². The van der Waals surface area contributed by atoms with E-state index in [9.17, 15) is 9.59 Å². The molecule has 0 radical (unpaired) electrons. The van der Waals surface area contributed by atoms with Gasteiger partial charge in [0, 0.05) is 33.9 Å². The van der Waals surface area contributed by atoms with Crippen LogP contribution in [-0.2, 0) is 16.0 Å². The van der Waals surface area contributed by atoms with Gasteiger partial charge in [-0.25, -0.2) is 4.79 Å². The number of carbonyl (C=O) groups is 2. The van der Waals surface area contributed by atoms with Crippen molar-refractivity contribution in [2.24, 2.45) is 0 Å². The lowest BCUT2D eigenvalue weighted by atomic mass is 10.1. The molecule has 0 aliphatic rings. The standard InChI is InChI=1S/C21H22N2O3S.ClH/c1-4-26-20(24)11-14(2)19-10-9-18(27-19)12-15(3)23-21(25)17-7-5-16(13-22)6-8-17;/h5-11,15H,4,12H2,1-3H3,(H,23,25);1H/b14-11+;. The lowest BCUT2D eigenvalue weighted by Crippen LogP contribution is -2.33. The van der Waals surface area contributed by atoms with E-state index in [0.717, 1.165) is 15.3 Å². The van der Waals surface area contributed by atoms with Gasteiger partial charge in [0.2, 0.25) is 0 Å². The highest BCUT2D eigenvalue weighted by Crippen LogP contribution is 2.25. The number of benzene rings is 1. The van der Waals surface area contributed by atoms with Crippen LogP contribution in [-0.4, -0.2) is 24.5 Å². The Morgan fingerprint density at radius 3 is 2.54 bits per heavy atom. The molecule has 0 fully saturated rings. The maximum atomic E-state index is 12.3. The minimum Gasteiger partial charge on any atom is -0.463 e. The van der Waals surface area contributed by atoms with Crippen LogP contribution >= 0.6 is 23.7 Å². The van der Waals surface area contributed by atoms with Gasteiger partial charge in [0.25, 0.3) is 5.91 Å². The molecular weight excluding hydrogens is 396 g/mol. The molecule has 1 aromatic carbocycles. The topological polar surface area (TPSA) is 79.2 Å². The van der Waals surface area contributed by atoms with Crippen molar-refractivity contribution in [3.05, 3.63) is 63.4 Å². The maximum Gasteiger partial charge on any atom is 0.331 e. The van der Waals surface area contributed by atoms with Crippen molar-refractivity contribution in [1.82, 2.24) is 5.32 Å². The summed E-state index contributed by atoms with van der Waals surface area (Å²) in [4.78, 5) is 26.0. The summed E-state index contributed by atoms with van der Waals surface area (Å²) in [5.74, 6) is -0.504. The third-order valence-electron chi connectivity index (χ3n) is 3.83. The molecule has 2 rings (SSSR count). The molecule has 0 saturated heterocycles. The van der Waals surface area contributed by atoms with Crippen molar-refractivity contribution >= 4 is 41.2 Å². The first-order valence-electron chi connectivity index (χ1n) is 8.68. The van der Waals surface area contributed by atoms with Gasteiger partial charge in [-0.1, -0.05) is 0 Å². The summed E-state index contributed by atoms with van der Waals surface area (Å²) in [5, 5.41) is 11.8. The van der Waals surface area contributed by atoms with Gasteiger partial charge < -0.3 is 10.1 Å².